The molecule has 3 rings (SSSR count). The van der Waals surface area contributed by atoms with Gasteiger partial charge >= 0.3 is 0 Å². The molecular formula is C18H20ClN3O4. The number of hydrogen-bond acceptors (Lipinski definition) is 6. The van der Waals surface area contributed by atoms with Crippen LogP contribution in [0.2, 0.25) is 5.02 Å². The molecule has 0 radical (unpaired) electrons. The van der Waals surface area contributed by atoms with Gasteiger partial charge in [-0.25, -0.2) is 0 Å². The number of amides is 1. The number of nitrogens with zero attached hydrogens (tertiary/aromatic N) is 2. The van der Waals surface area contributed by atoms with E-state index in [0.29, 0.717) is 12.3 Å². The summed E-state index contributed by atoms with van der Waals surface area (Å²) in [7, 11) is 0. The molecule has 1 aromatic heterocycles. The minimum Gasteiger partial charge on any atom is -0.477 e. The predicted octanol–water partition coefficient (Wildman–Crippen LogP) is 1.48. The number of piperazine rings is 1. The number of ether oxygens (including phenoxy) is 1. The molecule has 0 bridgehead atoms. The normalized spacial score (nSPS) is 15.0. The largest absolute Gasteiger partial charge is 0.477 e. The fourth-order valence-corrected chi connectivity index (χ4v) is 3.02. The number of primary amides is 1. The second-order valence-electron chi connectivity index (χ2n) is 6.07. The summed E-state index contributed by atoms with van der Waals surface area (Å²) >= 11 is 6.05. The van der Waals surface area contributed by atoms with Crippen molar-refractivity contribution in [1.29, 1.82) is 0 Å². The van der Waals surface area contributed by atoms with E-state index in [-0.39, 0.29) is 17.8 Å². The zero-order chi connectivity index (χ0) is 18.5. The number of halogens is 1. The third kappa shape index (κ3) is 4.77. The minimum absolute atomic E-state index is 0.0154. The summed E-state index contributed by atoms with van der Waals surface area (Å²) in [6.45, 7) is 3.60. The van der Waals surface area contributed by atoms with Crippen molar-refractivity contribution in [3.05, 3.63) is 57.6 Å². The molecule has 1 amide bonds. The lowest BCUT2D eigenvalue weighted by Crippen LogP contribution is -2.46. The summed E-state index contributed by atoms with van der Waals surface area (Å²) in [5, 5.41) is 0.727. The van der Waals surface area contributed by atoms with Crippen LogP contribution in [0.15, 0.2) is 45.8 Å². The summed E-state index contributed by atoms with van der Waals surface area (Å²) < 4.78 is 10.5. The van der Waals surface area contributed by atoms with Crippen LogP contribution in [-0.2, 0) is 11.3 Å². The second kappa shape index (κ2) is 8.25. The van der Waals surface area contributed by atoms with Crippen molar-refractivity contribution in [2.75, 3.05) is 37.7 Å². The highest BCUT2D eigenvalue weighted by Gasteiger charge is 2.18. The van der Waals surface area contributed by atoms with Crippen molar-refractivity contribution < 1.29 is 13.9 Å². The molecule has 2 aromatic rings. The van der Waals surface area contributed by atoms with Gasteiger partial charge < -0.3 is 19.8 Å². The topological polar surface area (TPSA) is 89.0 Å². The van der Waals surface area contributed by atoms with E-state index in [2.05, 4.69) is 9.80 Å². The lowest BCUT2D eigenvalue weighted by atomic mass is 10.2. The van der Waals surface area contributed by atoms with Crippen molar-refractivity contribution >= 4 is 23.2 Å². The zero-order valence-corrected chi connectivity index (χ0v) is 14.9. The van der Waals surface area contributed by atoms with Gasteiger partial charge in [-0.3, -0.25) is 14.5 Å². The van der Waals surface area contributed by atoms with Crippen LogP contribution >= 0.6 is 11.6 Å². The predicted molar refractivity (Wildman–Crippen MR) is 98.6 cm³/mol. The minimum atomic E-state index is -0.647. The van der Waals surface area contributed by atoms with Gasteiger partial charge in [0.25, 0.3) is 5.91 Å². The Hall–Kier alpha value is -2.51. The molecule has 1 aliphatic rings. The quantitative estimate of drug-likeness (QED) is 0.820. The van der Waals surface area contributed by atoms with E-state index in [1.807, 2.05) is 24.3 Å². The van der Waals surface area contributed by atoms with E-state index in [1.54, 1.807) is 0 Å². The molecule has 2 N–H and O–H groups in total. The molecule has 7 nitrogen and oxygen atoms in total. The van der Waals surface area contributed by atoms with Crippen LogP contribution in [0.1, 0.15) is 5.76 Å². The SMILES string of the molecule is NC(=O)COc1coc(CN2CCN(c3cccc(Cl)c3)CC2)cc1=O. The Morgan fingerprint density at radius 1 is 1.23 bits per heavy atom. The summed E-state index contributed by atoms with van der Waals surface area (Å²) in [6, 6.07) is 9.20. The van der Waals surface area contributed by atoms with Gasteiger partial charge in [-0.15, -0.1) is 0 Å². The Bertz CT molecular complexity index is 831. The molecular weight excluding hydrogens is 358 g/mol. The molecule has 1 saturated heterocycles. The number of carbonyl (C=O) groups is 1. The van der Waals surface area contributed by atoms with Gasteiger partial charge in [-0.2, -0.15) is 0 Å². The number of anilines is 1. The van der Waals surface area contributed by atoms with Gasteiger partial charge in [0.15, 0.2) is 6.61 Å². The maximum Gasteiger partial charge on any atom is 0.255 e. The Kier molecular flexibility index (Phi) is 5.80. The van der Waals surface area contributed by atoms with Gasteiger partial charge in [0, 0.05) is 43.0 Å². The van der Waals surface area contributed by atoms with Gasteiger partial charge in [0.1, 0.15) is 12.0 Å². The van der Waals surface area contributed by atoms with Crippen LogP contribution in [-0.4, -0.2) is 43.6 Å². The molecule has 138 valence electrons. The molecule has 1 aromatic carbocycles. The maximum atomic E-state index is 12.0. The number of nitrogens with two attached hydrogens (primary N) is 1. The molecule has 0 unspecified atom stereocenters. The van der Waals surface area contributed by atoms with Crippen LogP contribution in [0.3, 0.4) is 0 Å². The summed E-state index contributed by atoms with van der Waals surface area (Å²) in [4.78, 5) is 27.2. The van der Waals surface area contributed by atoms with Gasteiger partial charge in [0.05, 0.1) is 6.54 Å². The van der Waals surface area contributed by atoms with Crippen molar-refractivity contribution in [1.82, 2.24) is 4.90 Å². The molecule has 0 aliphatic carbocycles. The van der Waals surface area contributed by atoms with E-state index >= 15 is 0 Å². The van der Waals surface area contributed by atoms with Crippen molar-refractivity contribution in [3.63, 3.8) is 0 Å². The first kappa shape index (κ1) is 18.3. The third-order valence-electron chi connectivity index (χ3n) is 4.15. The fraction of sp³-hybridized carbons (Fsp3) is 0.333. The number of rotatable bonds is 6. The Labute approximate surface area is 155 Å². The highest BCUT2D eigenvalue weighted by molar-refractivity contribution is 6.30. The molecule has 0 saturated carbocycles. The third-order valence-corrected chi connectivity index (χ3v) is 4.38. The highest BCUT2D eigenvalue weighted by atomic mass is 35.5. The summed E-state index contributed by atoms with van der Waals surface area (Å²) in [6.07, 6.45) is 1.23. The average molecular weight is 378 g/mol. The van der Waals surface area contributed by atoms with E-state index < -0.39 is 5.91 Å². The zero-order valence-electron chi connectivity index (χ0n) is 14.2. The summed E-state index contributed by atoms with van der Waals surface area (Å²) in [5.41, 5.74) is 5.77. The van der Waals surface area contributed by atoms with Crippen LogP contribution in [0, 0.1) is 0 Å². The van der Waals surface area contributed by atoms with Gasteiger partial charge in [0.2, 0.25) is 11.2 Å². The van der Waals surface area contributed by atoms with E-state index in [9.17, 15) is 9.59 Å². The van der Waals surface area contributed by atoms with Crippen LogP contribution < -0.4 is 20.8 Å². The molecule has 1 fully saturated rings. The van der Waals surface area contributed by atoms with Crippen molar-refractivity contribution in [2.45, 2.75) is 6.54 Å². The molecule has 26 heavy (non-hydrogen) atoms. The van der Waals surface area contributed by atoms with E-state index in [4.69, 9.17) is 26.5 Å². The van der Waals surface area contributed by atoms with Crippen LogP contribution in [0.5, 0.6) is 5.75 Å². The van der Waals surface area contributed by atoms with E-state index in [1.165, 1.54) is 12.3 Å². The first-order valence-corrected chi connectivity index (χ1v) is 8.65. The molecule has 0 spiro atoms. The first-order chi connectivity index (χ1) is 12.5. The standard InChI is InChI=1S/C18H20ClN3O4/c19-13-2-1-3-14(8-13)22-6-4-21(5-7-22)10-15-9-16(23)17(11-25-15)26-12-18(20)24/h1-3,8-9,11H,4-7,10,12H2,(H2,20,24). The average Bonchev–Trinajstić information content (AvgIpc) is 2.61. The number of carbonyl (C=O) groups excluding carboxylic acids is 1. The van der Waals surface area contributed by atoms with E-state index in [0.717, 1.165) is 36.9 Å². The Morgan fingerprint density at radius 2 is 2.00 bits per heavy atom. The van der Waals surface area contributed by atoms with Crippen LogP contribution in [0.4, 0.5) is 5.69 Å². The molecule has 8 heteroatoms. The second-order valence-corrected chi connectivity index (χ2v) is 6.51. The number of hydrogen-bond donors (Lipinski definition) is 1. The van der Waals surface area contributed by atoms with Gasteiger partial charge in [-0.05, 0) is 18.2 Å². The van der Waals surface area contributed by atoms with Crippen LogP contribution in [0.25, 0.3) is 0 Å². The van der Waals surface area contributed by atoms with Crippen molar-refractivity contribution in [3.8, 4) is 5.75 Å². The maximum absolute atomic E-state index is 12.0. The first-order valence-electron chi connectivity index (χ1n) is 8.27. The fourth-order valence-electron chi connectivity index (χ4n) is 2.83. The number of benzene rings is 1. The Balaban J connectivity index is 1.55. The summed E-state index contributed by atoms with van der Waals surface area (Å²) in [5.74, 6) is -0.109. The molecule has 2 heterocycles. The lowest BCUT2D eigenvalue weighted by molar-refractivity contribution is -0.119. The highest BCUT2D eigenvalue weighted by Crippen LogP contribution is 2.21. The molecule has 0 atom stereocenters. The lowest BCUT2D eigenvalue weighted by Gasteiger charge is -2.35. The molecule has 1 aliphatic heterocycles. The smallest absolute Gasteiger partial charge is 0.255 e. The monoisotopic (exact) mass is 377 g/mol. The van der Waals surface area contributed by atoms with Crippen molar-refractivity contribution in [2.24, 2.45) is 5.73 Å². The van der Waals surface area contributed by atoms with Gasteiger partial charge in [-0.1, -0.05) is 17.7 Å². The Morgan fingerprint density at radius 3 is 2.65 bits per heavy atom.